The molecule has 0 N–H and O–H groups in total. The van der Waals surface area contributed by atoms with Gasteiger partial charge in [0, 0.05) is 16.1 Å². The number of hydrogen-bond donors (Lipinski definition) is 0. The summed E-state index contributed by atoms with van der Waals surface area (Å²) in [5, 5.41) is 0.717. The lowest BCUT2D eigenvalue weighted by atomic mass is 10.4. The number of halogens is 4. The van der Waals surface area contributed by atoms with E-state index >= 15 is 0 Å². The van der Waals surface area contributed by atoms with Gasteiger partial charge in [0.25, 0.3) is 9.05 Å². The highest BCUT2D eigenvalue weighted by Crippen LogP contribution is 2.39. The maximum absolute atomic E-state index is 12.1. The summed E-state index contributed by atoms with van der Waals surface area (Å²) in [5.74, 6) is -2.15. The Labute approximate surface area is 114 Å². The summed E-state index contributed by atoms with van der Waals surface area (Å²) in [6.07, 6.45) is -5.11. The van der Waals surface area contributed by atoms with Crippen molar-refractivity contribution in [1.29, 1.82) is 0 Å². The fourth-order valence-corrected chi connectivity index (χ4v) is 3.64. The zero-order valence-corrected chi connectivity index (χ0v) is 11.5. The first-order valence-electron chi connectivity index (χ1n) is 4.55. The molecular weight excluding hydrogens is 333 g/mol. The van der Waals surface area contributed by atoms with Crippen LogP contribution in [0.3, 0.4) is 0 Å². The van der Waals surface area contributed by atoms with Crippen LogP contribution in [0.2, 0.25) is 0 Å². The Morgan fingerprint density at radius 3 is 2.47 bits per heavy atom. The standard InChI is InChI=1S/C8H6ClF3O5S2/c1-2-16-7(13)5-6(19(9,14)15)4(3-18-5)17-8(10,11)12/h3H,2H2,1H3. The molecule has 0 fully saturated rings. The Morgan fingerprint density at radius 2 is 2.05 bits per heavy atom. The van der Waals surface area contributed by atoms with Crippen LogP contribution in [0.4, 0.5) is 13.2 Å². The zero-order valence-electron chi connectivity index (χ0n) is 9.15. The first kappa shape index (κ1) is 16.1. The van der Waals surface area contributed by atoms with Crippen molar-refractivity contribution in [3.05, 3.63) is 10.3 Å². The van der Waals surface area contributed by atoms with Gasteiger partial charge in [-0.3, -0.25) is 0 Å². The average molecular weight is 339 g/mol. The molecule has 0 aromatic carbocycles. The van der Waals surface area contributed by atoms with Crippen LogP contribution in [0.15, 0.2) is 10.3 Å². The SMILES string of the molecule is CCOC(=O)c1scc(OC(F)(F)F)c1S(=O)(=O)Cl. The fourth-order valence-electron chi connectivity index (χ4n) is 1.09. The molecule has 0 saturated carbocycles. The Hall–Kier alpha value is -1.00. The van der Waals surface area contributed by atoms with Crippen molar-refractivity contribution in [2.24, 2.45) is 0 Å². The second kappa shape index (κ2) is 5.55. The summed E-state index contributed by atoms with van der Waals surface area (Å²) in [6, 6.07) is 0. The molecule has 0 aliphatic rings. The molecule has 1 heterocycles. The van der Waals surface area contributed by atoms with Crippen LogP contribution in [-0.4, -0.2) is 27.4 Å². The van der Waals surface area contributed by atoms with Crippen molar-refractivity contribution in [3.8, 4) is 5.75 Å². The zero-order chi connectivity index (χ0) is 14.8. The van der Waals surface area contributed by atoms with Crippen molar-refractivity contribution >= 4 is 37.0 Å². The van der Waals surface area contributed by atoms with Crippen LogP contribution < -0.4 is 4.74 Å². The number of hydrogen-bond acceptors (Lipinski definition) is 6. The lowest BCUT2D eigenvalue weighted by Gasteiger charge is -2.08. The van der Waals surface area contributed by atoms with Crippen molar-refractivity contribution in [2.75, 3.05) is 6.61 Å². The van der Waals surface area contributed by atoms with E-state index in [1.807, 2.05) is 0 Å². The maximum atomic E-state index is 12.1. The number of alkyl halides is 3. The first-order valence-corrected chi connectivity index (χ1v) is 7.74. The molecule has 1 aromatic heterocycles. The predicted octanol–water partition coefficient (Wildman–Crippen LogP) is 2.75. The van der Waals surface area contributed by atoms with Crippen molar-refractivity contribution in [2.45, 2.75) is 18.2 Å². The van der Waals surface area contributed by atoms with E-state index in [-0.39, 0.29) is 6.61 Å². The quantitative estimate of drug-likeness (QED) is 0.623. The monoisotopic (exact) mass is 338 g/mol. The molecule has 0 radical (unpaired) electrons. The minimum absolute atomic E-state index is 0.0754. The highest BCUT2D eigenvalue weighted by molar-refractivity contribution is 8.14. The predicted molar refractivity (Wildman–Crippen MR) is 60.0 cm³/mol. The van der Waals surface area contributed by atoms with E-state index in [4.69, 9.17) is 10.7 Å². The van der Waals surface area contributed by atoms with Gasteiger partial charge in [-0.2, -0.15) is 0 Å². The molecule has 0 amide bonds. The number of ether oxygens (including phenoxy) is 2. The molecule has 0 bridgehead atoms. The summed E-state index contributed by atoms with van der Waals surface area (Å²) >= 11 is 0.429. The average Bonchev–Trinajstić information content (AvgIpc) is 2.58. The summed E-state index contributed by atoms with van der Waals surface area (Å²) in [6.45, 7) is 1.38. The van der Waals surface area contributed by atoms with E-state index < -0.39 is 36.9 Å². The van der Waals surface area contributed by atoms with Crippen molar-refractivity contribution < 1.29 is 35.9 Å². The van der Waals surface area contributed by atoms with E-state index in [0.29, 0.717) is 11.3 Å². The third kappa shape index (κ3) is 4.25. The second-order valence-corrected chi connectivity index (χ2v) is 6.35. The van der Waals surface area contributed by atoms with Crippen LogP contribution in [0.5, 0.6) is 5.75 Å². The molecule has 0 atom stereocenters. The Balaban J connectivity index is 3.33. The molecule has 1 rings (SSSR count). The topological polar surface area (TPSA) is 69.7 Å². The molecule has 0 aliphatic heterocycles. The third-order valence-electron chi connectivity index (χ3n) is 1.64. The Bertz CT molecular complexity index is 578. The van der Waals surface area contributed by atoms with Crippen LogP contribution in [0.1, 0.15) is 16.6 Å². The Kier molecular flexibility index (Phi) is 4.69. The van der Waals surface area contributed by atoms with E-state index in [0.717, 1.165) is 5.38 Å². The number of rotatable bonds is 4. The molecule has 0 unspecified atom stereocenters. The van der Waals surface area contributed by atoms with Gasteiger partial charge >= 0.3 is 12.3 Å². The lowest BCUT2D eigenvalue weighted by molar-refractivity contribution is -0.275. The van der Waals surface area contributed by atoms with Gasteiger partial charge in [0.05, 0.1) is 6.61 Å². The van der Waals surface area contributed by atoms with Gasteiger partial charge in [0.2, 0.25) is 0 Å². The Morgan fingerprint density at radius 1 is 1.47 bits per heavy atom. The molecule has 108 valence electrons. The number of thiophene rings is 1. The van der Waals surface area contributed by atoms with Gasteiger partial charge in [-0.15, -0.1) is 24.5 Å². The molecule has 5 nitrogen and oxygen atoms in total. The summed E-state index contributed by atoms with van der Waals surface area (Å²) in [4.78, 5) is 9.80. The van der Waals surface area contributed by atoms with Gasteiger partial charge in [-0.05, 0) is 6.92 Å². The van der Waals surface area contributed by atoms with Crippen molar-refractivity contribution in [1.82, 2.24) is 0 Å². The maximum Gasteiger partial charge on any atom is 0.573 e. The molecule has 11 heteroatoms. The highest BCUT2D eigenvalue weighted by Gasteiger charge is 2.37. The minimum Gasteiger partial charge on any atom is -0.462 e. The number of esters is 1. The van der Waals surface area contributed by atoms with Crippen LogP contribution >= 0.6 is 22.0 Å². The molecule has 0 saturated heterocycles. The van der Waals surface area contributed by atoms with Crippen LogP contribution in [0, 0.1) is 0 Å². The molecule has 0 spiro atoms. The lowest BCUT2D eigenvalue weighted by Crippen LogP contribution is -2.18. The third-order valence-corrected chi connectivity index (χ3v) is 4.07. The smallest absolute Gasteiger partial charge is 0.462 e. The van der Waals surface area contributed by atoms with Crippen LogP contribution in [0.25, 0.3) is 0 Å². The van der Waals surface area contributed by atoms with E-state index in [2.05, 4.69) is 9.47 Å². The fraction of sp³-hybridized carbons (Fsp3) is 0.375. The van der Waals surface area contributed by atoms with Gasteiger partial charge in [0.1, 0.15) is 4.88 Å². The van der Waals surface area contributed by atoms with Gasteiger partial charge in [0.15, 0.2) is 10.6 Å². The number of carbonyl (C=O) groups is 1. The molecule has 1 aromatic rings. The second-order valence-electron chi connectivity index (χ2n) is 2.96. The minimum atomic E-state index is -5.11. The van der Waals surface area contributed by atoms with Crippen molar-refractivity contribution in [3.63, 3.8) is 0 Å². The first-order chi connectivity index (χ1) is 8.56. The van der Waals surface area contributed by atoms with E-state index in [1.165, 1.54) is 6.92 Å². The molecule has 0 aliphatic carbocycles. The van der Waals surface area contributed by atoms with E-state index in [1.54, 1.807) is 0 Å². The molecular formula is C8H6ClF3O5S2. The van der Waals surface area contributed by atoms with Gasteiger partial charge < -0.3 is 9.47 Å². The summed E-state index contributed by atoms with van der Waals surface area (Å²) < 4.78 is 66.8. The normalized spacial score (nSPS) is 12.3. The summed E-state index contributed by atoms with van der Waals surface area (Å²) in [7, 11) is 0.407. The largest absolute Gasteiger partial charge is 0.573 e. The summed E-state index contributed by atoms with van der Waals surface area (Å²) in [5.41, 5.74) is 0. The number of carbonyl (C=O) groups excluding carboxylic acids is 1. The van der Waals surface area contributed by atoms with Crippen LogP contribution in [-0.2, 0) is 13.8 Å². The molecule has 19 heavy (non-hydrogen) atoms. The van der Waals surface area contributed by atoms with Gasteiger partial charge in [-0.25, -0.2) is 13.2 Å². The van der Waals surface area contributed by atoms with Gasteiger partial charge in [-0.1, -0.05) is 0 Å². The highest BCUT2D eigenvalue weighted by atomic mass is 35.7. The van der Waals surface area contributed by atoms with E-state index in [9.17, 15) is 26.4 Å².